The molecule has 0 heterocycles. The molecule has 18 heavy (non-hydrogen) atoms. The highest BCUT2D eigenvalue weighted by Gasteiger charge is 2.07. The number of ether oxygens (including phenoxy) is 1. The van der Waals surface area contributed by atoms with Crippen molar-refractivity contribution in [2.75, 3.05) is 20.1 Å². The van der Waals surface area contributed by atoms with E-state index in [0.29, 0.717) is 18.7 Å². The normalized spacial score (nSPS) is 9.78. The third-order valence-corrected chi connectivity index (χ3v) is 2.00. The number of halogens is 3. The van der Waals surface area contributed by atoms with Gasteiger partial charge in [0.15, 0.2) is 0 Å². The summed E-state index contributed by atoms with van der Waals surface area (Å²) in [5.74, 6) is -0.212. The van der Waals surface area contributed by atoms with Gasteiger partial charge in [0.2, 0.25) is 0 Å². The Morgan fingerprint density at radius 2 is 1.89 bits per heavy atom. The fourth-order valence-electron chi connectivity index (χ4n) is 1.19. The highest BCUT2D eigenvalue weighted by Crippen LogP contribution is 2.14. The van der Waals surface area contributed by atoms with E-state index < -0.39 is 6.61 Å². The topological polar surface area (TPSA) is 50.4 Å². The fraction of sp³-hybridized carbons (Fsp3) is 0.364. The first-order chi connectivity index (χ1) is 8.13. The number of carbonyl (C=O) groups excluding carboxylic acids is 1. The van der Waals surface area contributed by atoms with E-state index in [1.165, 1.54) is 24.3 Å². The zero-order valence-corrected chi connectivity index (χ0v) is 10.6. The van der Waals surface area contributed by atoms with Gasteiger partial charge in [0.05, 0.1) is 0 Å². The van der Waals surface area contributed by atoms with E-state index in [2.05, 4.69) is 15.4 Å². The van der Waals surface area contributed by atoms with Crippen LogP contribution in [-0.4, -0.2) is 32.7 Å². The van der Waals surface area contributed by atoms with Crippen LogP contribution in [0.4, 0.5) is 8.78 Å². The maximum absolute atomic E-state index is 11.9. The number of carbonyl (C=O) groups is 1. The van der Waals surface area contributed by atoms with Gasteiger partial charge >= 0.3 is 6.61 Å². The first kappa shape index (κ1) is 16.6. The first-order valence-corrected chi connectivity index (χ1v) is 5.11. The van der Waals surface area contributed by atoms with E-state index in [1.54, 1.807) is 7.05 Å². The monoisotopic (exact) mass is 280 g/mol. The molecule has 1 rings (SSSR count). The lowest BCUT2D eigenvalue weighted by atomic mass is 10.2. The van der Waals surface area contributed by atoms with Crippen LogP contribution in [0.5, 0.6) is 5.75 Å². The number of likely N-dealkylation sites (N-methyl/N-ethyl adjacent to an activating group) is 1. The van der Waals surface area contributed by atoms with E-state index in [1.807, 2.05) is 0 Å². The van der Waals surface area contributed by atoms with Crippen molar-refractivity contribution in [2.24, 2.45) is 0 Å². The lowest BCUT2D eigenvalue weighted by Gasteiger charge is -2.06. The quantitative estimate of drug-likeness (QED) is 0.779. The predicted molar refractivity (Wildman–Crippen MR) is 66.6 cm³/mol. The number of benzene rings is 1. The van der Waals surface area contributed by atoms with Gasteiger partial charge in [0, 0.05) is 18.7 Å². The van der Waals surface area contributed by atoms with Crippen molar-refractivity contribution in [1.82, 2.24) is 10.6 Å². The second-order valence-corrected chi connectivity index (χ2v) is 3.26. The van der Waals surface area contributed by atoms with Crippen molar-refractivity contribution in [3.8, 4) is 5.75 Å². The molecule has 7 heteroatoms. The van der Waals surface area contributed by atoms with Crippen LogP contribution in [0.1, 0.15) is 10.4 Å². The molecule has 0 aromatic heterocycles. The molecule has 1 aromatic carbocycles. The summed E-state index contributed by atoms with van der Waals surface area (Å²) in [6.07, 6.45) is 0. The van der Waals surface area contributed by atoms with Gasteiger partial charge in [0.1, 0.15) is 5.75 Å². The molecule has 0 atom stereocenters. The number of amides is 1. The van der Waals surface area contributed by atoms with E-state index >= 15 is 0 Å². The Morgan fingerprint density at radius 1 is 1.28 bits per heavy atom. The molecule has 4 nitrogen and oxygen atoms in total. The zero-order valence-electron chi connectivity index (χ0n) is 9.78. The third-order valence-electron chi connectivity index (χ3n) is 2.00. The second kappa shape index (κ2) is 8.66. The Kier molecular flexibility index (Phi) is 7.98. The Balaban J connectivity index is 0.00000289. The lowest BCUT2D eigenvalue weighted by molar-refractivity contribution is -0.0498. The van der Waals surface area contributed by atoms with Crippen LogP contribution in [0.25, 0.3) is 0 Å². The van der Waals surface area contributed by atoms with Crippen LogP contribution in [0.2, 0.25) is 0 Å². The average Bonchev–Trinajstić information content (AvgIpc) is 2.29. The molecule has 0 fully saturated rings. The highest BCUT2D eigenvalue weighted by molar-refractivity contribution is 5.94. The molecule has 0 saturated carbocycles. The highest BCUT2D eigenvalue weighted by atomic mass is 35.5. The first-order valence-electron chi connectivity index (χ1n) is 5.11. The summed E-state index contributed by atoms with van der Waals surface area (Å²) in [4.78, 5) is 11.5. The van der Waals surface area contributed by atoms with Crippen LogP contribution in [0.15, 0.2) is 24.3 Å². The van der Waals surface area contributed by atoms with Crippen LogP contribution in [0.3, 0.4) is 0 Å². The average molecular weight is 281 g/mol. The van der Waals surface area contributed by atoms with Crippen LogP contribution < -0.4 is 15.4 Å². The Hall–Kier alpha value is -1.40. The lowest BCUT2D eigenvalue weighted by Crippen LogP contribution is -2.30. The molecule has 0 radical (unpaired) electrons. The van der Waals surface area contributed by atoms with E-state index in [4.69, 9.17) is 0 Å². The maximum atomic E-state index is 11.9. The Labute approximate surface area is 110 Å². The molecule has 0 unspecified atom stereocenters. The summed E-state index contributed by atoms with van der Waals surface area (Å²) in [7, 11) is 1.78. The molecule has 1 amide bonds. The number of alkyl halides is 2. The van der Waals surface area contributed by atoms with E-state index in [0.717, 1.165) is 0 Å². The number of nitrogens with one attached hydrogen (secondary N) is 2. The van der Waals surface area contributed by atoms with Gasteiger partial charge in [-0.1, -0.05) is 0 Å². The molecule has 0 aliphatic heterocycles. The predicted octanol–water partition coefficient (Wildman–Crippen LogP) is 1.66. The standard InChI is InChI=1S/C11H14F2N2O2.ClH/c1-14-6-7-15-10(16)8-2-4-9(5-3-8)17-11(12)13;/h2-5,11,14H,6-7H2,1H3,(H,15,16);1H. The fourth-order valence-corrected chi connectivity index (χ4v) is 1.19. The van der Waals surface area contributed by atoms with Crippen molar-refractivity contribution in [2.45, 2.75) is 6.61 Å². The molecule has 102 valence electrons. The van der Waals surface area contributed by atoms with Crippen molar-refractivity contribution in [3.63, 3.8) is 0 Å². The SMILES string of the molecule is CNCCNC(=O)c1ccc(OC(F)F)cc1.Cl. The van der Waals surface area contributed by atoms with Crippen LogP contribution in [-0.2, 0) is 0 Å². The summed E-state index contributed by atoms with van der Waals surface area (Å²) in [6, 6.07) is 5.54. The van der Waals surface area contributed by atoms with Gasteiger partial charge in [-0.15, -0.1) is 12.4 Å². The molecule has 0 aliphatic carbocycles. The van der Waals surface area contributed by atoms with Crippen molar-refractivity contribution in [3.05, 3.63) is 29.8 Å². The molecule has 0 bridgehead atoms. The molecule has 0 saturated heterocycles. The molecular formula is C11H15ClF2N2O2. The summed E-state index contributed by atoms with van der Waals surface area (Å²) in [5.41, 5.74) is 0.405. The van der Waals surface area contributed by atoms with Gasteiger partial charge < -0.3 is 15.4 Å². The van der Waals surface area contributed by atoms with Crippen molar-refractivity contribution < 1.29 is 18.3 Å². The summed E-state index contributed by atoms with van der Waals surface area (Å²) in [6.45, 7) is -1.69. The van der Waals surface area contributed by atoms with E-state index in [9.17, 15) is 13.6 Å². The number of hydrogen-bond donors (Lipinski definition) is 2. The summed E-state index contributed by atoms with van der Waals surface area (Å²) >= 11 is 0. The van der Waals surface area contributed by atoms with Crippen LogP contribution >= 0.6 is 12.4 Å². The summed E-state index contributed by atoms with van der Waals surface area (Å²) < 4.78 is 27.9. The maximum Gasteiger partial charge on any atom is 0.387 e. The smallest absolute Gasteiger partial charge is 0.387 e. The number of rotatable bonds is 6. The number of hydrogen-bond acceptors (Lipinski definition) is 3. The zero-order chi connectivity index (χ0) is 12.7. The summed E-state index contributed by atoms with van der Waals surface area (Å²) in [5, 5.41) is 5.56. The molecular weight excluding hydrogens is 266 g/mol. The van der Waals surface area contributed by atoms with Gasteiger partial charge in [0.25, 0.3) is 5.91 Å². The minimum Gasteiger partial charge on any atom is -0.435 e. The van der Waals surface area contributed by atoms with E-state index in [-0.39, 0.29) is 24.1 Å². The minimum absolute atomic E-state index is 0. The Bertz CT molecular complexity index is 361. The molecule has 1 aromatic rings. The molecule has 0 spiro atoms. The van der Waals surface area contributed by atoms with Gasteiger partial charge in [-0.05, 0) is 31.3 Å². The molecule has 2 N–H and O–H groups in total. The third kappa shape index (κ3) is 5.79. The van der Waals surface area contributed by atoms with Gasteiger partial charge in [-0.25, -0.2) is 0 Å². The van der Waals surface area contributed by atoms with Crippen molar-refractivity contribution >= 4 is 18.3 Å². The van der Waals surface area contributed by atoms with Gasteiger partial charge in [-0.2, -0.15) is 8.78 Å². The largest absolute Gasteiger partial charge is 0.435 e. The second-order valence-electron chi connectivity index (χ2n) is 3.26. The Morgan fingerprint density at radius 3 is 2.39 bits per heavy atom. The minimum atomic E-state index is -2.86. The molecule has 0 aliphatic rings. The van der Waals surface area contributed by atoms with Crippen LogP contribution in [0, 0.1) is 0 Å². The van der Waals surface area contributed by atoms with Gasteiger partial charge in [-0.3, -0.25) is 4.79 Å². The van der Waals surface area contributed by atoms with Crippen molar-refractivity contribution in [1.29, 1.82) is 0 Å².